The highest BCUT2D eigenvalue weighted by atomic mass is 35.5. The van der Waals surface area contributed by atoms with Crippen molar-refractivity contribution < 1.29 is 9.53 Å². The second-order valence-electron chi connectivity index (χ2n) is 6.39. The van der Waals surface area contributed by atoms with Gasteiger partial charge in [0, 0.05) is 16.9 Å². The fourth-order valence-electron chi connectivity index (χ4n) is 2.93. The van der Waals surface area contributed by atoms with Gasteiger partial charge in [0.1, 0.15) is 5.75 Å². The topological polar surface area (TPSA) is 90.9 Å². The van der Waals surface area contributed by atoms with Gasteiger partial charge in [-0.05, 0) is 48.4 Å². The van der Waals surface area contributed by atoms with Crippen LogP contribution in [-0.4, -0.2) is 28.2 Å². The van der Waals surface area contributed by atoms with E-state index in [1.54, 1.807) is 24.4 Å². The van der Waals surface area contributed by atoms with Crippen molar-refractivity contribution in [2.75, 3.05) is 11.9 Å². The van der Waals surface area contributed by atoms with Crippen LogP contribution in [0, 0.1) is 12.3 Å². The van der Waals surface area contributed by atoms with Gasteiger partial charge in [-0.3, -0.25) is 4.79 Å². The first-order chi connectivity index (χ1) is 13.5. The first kappa shape index (κ1) is 18.6. The third-order valence-electron chi connectivity index (χ3n) is 4.25. The maximum Gasteiger partial charge on any atom is 0.262 e. The molecule has 0 spiro atoms. The van der Waals surface area contributed by atoms with E-state index in [9.17, 15) is 4.79 Å². The molecule has 3 aromatic rings. The Bertz CT molecular complexity index is 1070. The molecule has 1 aliphatic heterocycles. The molecule has 6 nitrogen and oxygen atoms in total. The quantitative estimate of drug-likeness (QED) is 0.421. The lowest BCUT2D eigenvalue weighted by Crippen LogP contribution is -2.25. The van der Waals surface area contributed by atoms with Crippen LogP contribution in [0.15, 0.2) is 53.8 Å². The Kier molecular flexibility index (Phi) is 5.11. The Morgan fingerprint density at radius 1 is 1.32 bits per heavy atom. The van der Waals surface area contributed by atoms with Gasteiger partial charge in [0.2, 0.25) is 0 Å². The van der Waals surface area contributed by atoms with Crippen molar-refractivity contribution in [2.24, 2.45) is 0 Å². The van der Waals surface area contributed by atoms with Gasteiger partial charge in [-0.15, -0.1) is 0 Å². The van der Waals surface area contributed by atoms with Crippen LogP contribution in [-0.2, 0) is 4.79 Å². The zero-order valence-electron chi connectivity index (χ0n) is 15.0. The van der Waals surface area contributed by atoms with E-state index < -0.39 is 0 Å². The molecule has 8 heteroatoms. The highest BCUT2D eigenvalue weighted by Crippen LogP contribution is 2.38. The maximum atomic E-state index is 11.6. The number of halogens is 1. The number of imidazole rings is 1. The third-order valence-corrected chi connectivity index (χ3v) is 5.66. The number of ether oxygens (including phenoxy) is 1. The van der Waals surface area contributed by atoms with Gasteiger partial charge in [0.05, 0.1) is 16.6 Å². The molecule has 1 amide bonds. The van der Waals surface area contributed by atoms with E-state index in [0.29, 0.717) is 27.7 Å². The van der Waals surface area contributed by atoms with Crippen molar-refractivity contribution in [3.63, 3.8) is 0 Å². The molecule has 2 heterocycles. The van der Waals surface area contributed by atoms with Gasteiger partial charge in [0.15, 0.2) is 11.8 Å². The van der Waals surface area contributed by atoms with Crippen LogP contribution in [0.2, 0.25) is 5.02 Å². The van der Waals surface area contributed by atoms with Crippen molar-refractivity contribution in [2.45, 2.75) is 17.3 Å². The normalized spacial score (nSPS) is 14.0. The molecule has 0 saturated heterocycles. The number of amides is 1. The minimum Gasteiger partial charge on any atom is -0.482 e. The summed E-state index contributed by atoms with van der Waals surface area (Å²) in [4.78, 5) is 19.2. The zero-order valence-corrected chi connectivity index (χ0v) is 16.5. The number of aryl methyl sites for hydroxylation is 1. The van der Waals surface area contributed by atoms with E-state index in [0.717, 1.165) is 16.4 Å². The van der Waals surface area contributed by atoms with Gasteiger partial charge in [-0.25, -0.2) is 4.98 Å². The number of carbonyl (C=O) groups is 1. The number of hydrogen-bond acceptors (Lipinski definition) is 5. The number of anilines is 1. The smallest absolute Gasteiger partial charge is 0.262 e. The SMILES string of the molecule is Cc1cnc(SC(C(=N)c2ccc3c(c2)NC(=O)CO3)c2cccc(Cl)c2)[nH]1. The third kappa shape index (κ3) is 3.90. The summed E-state index contributed by atoms with van der Waals surface area (Å²) in [5.41, 5.74) is 3.48. The molecule has 142 valence electrons. The molecule has 1 atom stereocenters. The second-order valence-corrected chi connectivity index (χ2v) is 7.92. The van der Waals surface area contributed by atoms with Crippen LogP contribution in [0.3, 0.4) is 0 Å². The fourth-order valence-corrected chi connectivity index (χ4v) is 4.22. The molecular weight excluding hydrogens is 396 g/mol. The van der Waals surface area contributed by atoms with Gasteiger partial charge in [-0.1, -0.05) is 35.5 Å². The summed E-state index contributed by atoms with van der Waals surface area (Å²) in [5.74, 6) is 0.396. The van der Waals surface area contributed by atoms with Gasteiger partial charge < -0.3 is 20.4 Å². The molecule has 4 rings (SSSR count). The molecule has 3 N–H and O–H groups in total. The molecule has 1 aliphatic rings. The van der Waals surface area contributed by atoms with Crippen molar-refractivity contribution in [3.8, 4) is 5.75 Å². The first-order valence-electron chi connectivity index (χ1n) is 8.59. The van der Waals surface area contributed by atoms with Crippen molar-refractivity contribution in [1.82, 2.24) is 9.97 Å². The predicted molar refractivity (Wildman–Crippen MR) is 111 cm³/mol. The largest absolute Gasteiger partial charge is 0.482 e. The summed E-state index contributed by atoms with van der Waals surface area (Å²) in [5, 5.41) is 12.7. The number of aromatic amines is 1. The molecular formula is C20H17ClN4O2S. The average molecular weight is 413 g/mol. The molecule has 0 aliphatic carbocycles. The van der Waals surface area contributed by atoms with E-state index in [2.05, 4.69) is 15.3 Å². The second kappa shape index (κ2) is 7.69. The number of nitrogens with one attached hydrogen (secondary N) is 3. The molecule has 0 saturated carbocycles. The number of H-pyrrole nitrogens is 1. The van der Waals surface area contributed by atoms with Crippen LogP contribution in [0.25, 0.3) is 0 Å². The number of aromatic nitrogens is 2. The zero-order chi connectivity index (χ0) is 19.7. The number of hydrogen-bond donors (Lipinski definition) is 3. The van der Waals surface area contributed by atoms with Crippen LogP contribution in [0.5, 0.6) is 5.75 Å². The molecule has 1 aromatic heterocycles. The first-order valence-corrected chi connectivity index (χ1v) is 9.84. The average Bonchev–Trinajstić information content (AvgIpc) is 3.10. The lowest BCUT2D eigenvalue weighted by atomic mass is 10.0. The summed E-state index contributed by atoms with van der Waals surface area (Å²) >= 11 is 7.63. The van der Waals surface area contributed by atoms with Crippen molar-refractivity contribution >= 4 is 40.7 Å². The number of nitrogens with zero attached hydrogens (tertiary/aromatic N) is 1. The summed E-state index contributed by atoms with van der Waals surface area (Å²) in [7, 11) is 0. The monoisotopic (exact) mass is 412 g/mol. The van der Waals surface area contributed by atoms with E-state index in [1.807, 2.05) is 31.2 Å². The molecule has 28 heavy (non-hydrogen) atoms. The summed E-state index contributed by atoms with van der Waals surface area (Å²) in [6.45, 7) is 1.94. The van der Waals surface area contributed by atoms with E-state index >= 15 is 0 Å². The highest BCUT2D eigenvalue weighted by molar-refractivity contribution is 8.00. The van der Waals surface area contributed by atoms with E-state index in [1.165, 1.54) is 11.8 Å². The lowest BCUT2D eigenvalue weighted by Gasteiger charge is -2.21. The standard InChI is InChI=1S/C20H17ClN4O2S/c1-11-9-23-20(24-11)28-19(13-3-2-4-14(21)7-13)18(22)12-5-6-16-15(8-12)25-17(26)10-27-16/h2-9,19,22H,10H2,1H3,(H,23,24)(H,25,26). The fraction of sp³-hybridized carbons (Fsp3) is 0.150. The summed E-state index contributed by atoms with van der Waals surface area (Å²) in [6.07, 6.45) is 1.76. The van der Waals surface area contributed by atoms with Gasteiger partial charge in [0.25, 0.3) is 5.91 Å². The molecule has 0 bridgehead atoms. The minimum atomic E-state index is -0.331. The Balaban J connectivity index is 1.70. The minimum absolute atomic E-state index is 0.00261. The lowest BCUT2D eigenvalue weighted by molar-refractivity contribution is -0.118. The maximum absolute atomic E-state index is 11.6. The van der Waals surface area contributed by atoms with Crippen LogP contribution in [0.1, 0.15) is 22.1 Å². The van der Waals surface area contributed by atoms with Crippen molar-refractivity contribution in [1.29, 1.82) is 5.41 Å². The summed E-state index contributed by atoms with van der Waals surface area (Å²) in [6, 6.07) is 12.8. The van der Waals surface area contributed by atoms with E-state index in [4.69, 9.17) is 21.7 Å². The molecule has 0 radical (unpaired) electrons. The van der Waals surface area contributed by atoms with Gasteiger partial charge >= 0.3 is 0 Å². The Hall–Kier alpha value is -2.77. The van der Waals surface area contributed by atoms with E-state index in [-0.39, 0.29) is 17.8 Å². The van der Waals surface area contributed by atoms with Crippen LogP contribution in [0.4, 0.5) is 5.69 Å². The number of rotatable bonds is 5. The van der Waals surface area contributed by atoms with Crippen molar-refractivity contribution in [3.05, 3.63) is 70.5 Å². The molecule has 2 aromatic carbocycles. The number of carbonyl (C=O) groups excluding carboxylic acids is 1. The van der Waals surface area contributed by atoms with Gasteiger partial charge in [-0.2, -0.15) is 0 Å². The number of benzene rings is 2. The predicted octanol–water partition coefficient (Wildman–Crippen LogP) is 4.60. The van der Waals surface area contributed by atoms with Crippen LogP contribution < -0.4 is 10.1 Å². The Labute approximate surface area is 171 Å². The summed E-state index contributed by atoms with van der Waals surface area (Å²) < 4.78 is 5.41. The molecule has 0 fully saturated rings. The highest BCUT2D eigenvalue weighted by Gasteiger charge is 2.24. The Morgan fingerprint density at radius 3 is 2.93 bits per heavy atom. The Morgan fingerprint density at radius 2 is 2.18 bits per heavy atom. The number of fused-ring (bicyclic) bond motifs is 1. The van der Waals surface area contributed by atoms with Crippen LogP contribution >= 0.6 is 23.4 Å². The number of thioether (sulfide) groups is 1. The molecule has 1 unspecified atom stereocenters.